The lowest BCUT2D eigenvalue weighted by Crippen LogP contribution is -2.58. The van der Waals surface area contributed by atoms with E-state index >= 15 is 0 Å². The SMILES string of the molecule is C[C@@H]1CNCCN1C(=O)C1C2CC3CC(C2)CC1C3.Cl. The summed E-state index contributed by atoms with van der Waals surface area (Å²) in [6.07, 6.45) is 6.87. The molecule has 0 aromatic carbocycles. The van der Waals surface area contributed by atoms with Crippen LogP contribution in [0.2, 0.25) is 0 Å². The predicted octanol–water partition coefficient (Wildman–Crippen LogP) is 2.30. The molecule has 114 valence electrons. The van der Waals surface area contributed by atoms with Crippen molar-refractivity contribution in [2.75, 3.05) is 19.6 Å². The van der Waals surface area contributed by atoms with E-state index in [1.807, 2.05) is 0 Å². The number of hydrogen-bond acceptors (Lipinski definition) is 2. The van der Waals surface area contributed by atoms with Crippen LogP contribution in [0.3, 0.4) is 0 Å². The fourth-order valence-electron chi connectivity index (χ4n) is 5.69. The van der Waals surface area contributed by atoms with Gasteiger partial charge in [0.25, 0.3) is 0 Å². The van der Waals surface area contributed by atoms with Gasteiger partial charge in [-0.3, -0.25) is 4.79 Å². The Hall–Kier alpha value is -0.280. The molecule has 5 aliphatic rings. The molecule has 5 fully saturated rings. The van der Waals surface area contributed by atoms with Gasteiger partial charge in [-0.1, -0.05) is 0 Å². The summed E-state index contributed by atoms with van der Waals surface area (Å²) in [4.78, 5) is 15.2. The van der Waals surface area contributed by atoms with Crippen molar-refractivity contribution in [1.82, 2.24) is 10.2 Å². The van der Waals surface area contributed by atoms with Crippen LogP contribution in [0.4, 0.5) is 0 Å². The van der Waals surface area contributed by atoms with Crippen molar-refractivity contribution in [2.45, 2.75) is 45.1 Å². The largest absolute Gasteiger partial charge is 0.337 e. The molecular formula is C16H27ClN2O. The molecule has 1 N–H and O–H groups in total. The Morgan fingerprint density at radius 2 is 1.65 bits per heavy atom. The summed E-state index contributed by atoms with van der Waals surface area (Å²) in [6.45, 7) is 5.06. The van der Waals surface area contributed by atoms with Gasteiger partial charge >= 0.3 is 0 Å². The number of hydrogen-bond donors (Lipinski definition) is 1. The minimum atomic E-state index is 0. The summed E-state index contributed by atoms with van der Waals surface area (Å²) in [5, 5.41) is 3.39. The molecule has 0 aromatic heterocycles. The minimum absolute atomic E-state index is 0. The van der Waals surface area contributed by atoms with Gasteiger partial charge in [0, 0.05) is 31.6 Å². The fourth-order valence-corrected chi connectivity index (χ4v) is 5.69. The zero-order valence-corrected chi connectivity index (χ0v) is 13.2. The highest BCUT2D eigenvalue weighted by Crippen LogP contribution is 2.56. The molecule has 1 saturated heterocycles. The van der Waals surface area contributed by atoms with E-state index in [4.69, 9.17) is 0 Å². The van der Waals surface area contributed by atoms with E-state index in [0.29, 0.717) is 17.9 Å². The van der Waals surface area contributed by atoms with Crippen molar-refractivity contribution in [2.24, 2.45) is 29.6 Å². The second-order valence-corrected chi connectivity index (χ2v) is 7.54. The molecular weight excluding hydrogens is 272 g/mol. The first-order chi connectivity index (χ1) is 9.22. The van der Waals surface area contributed by atoms with E-state index in [1.54, 1.807) is 0 Å². The number of rotatable bonds is 1. The Kier molecular flexibility index (Phi) is 4.02. The Balaban J connectivity index is 0.00000121. The molecule has 4 bridgehead atoms. The van der Waals surface area contributed by atoms with Crippen LogP contribution in [-0.4, -0.2) is 36.5 Å². The van der Waals surface area contributed by atoms with E-state index in [9.17, 15) is 4.79 Å². The molecule has 0 radical (unpaired) electrons. The van der Waals surface area contributed by atoms with Gasteiger partial charge in [0.1, 0.15) is 0 Å². The van der Waals surface area contributed by atoms with Crippen LogP contribution in [0, 0.1) is 29.6 Å². The first-order valence-corrected chi connectivity index (χ1v) is 8.23. The lowest BCUT2D eigenvalue weighted by molar-refractivity contribution is -0.151. The number of halogens is 1. The molecule has 4 saturated carbocycles. The number of carbonyl (C=O) groups is 1. The minimum Gasteiger partial charge on any atom is -0.337 e. The van der Waals surface area contributed by atoms with Crippen LogP contribution < -0.4 is 5.32 Å². The van der Waals surface area contributed by atoms with Crippen molar-refractivity contribution in [1.29, 1.82) is 0 Å². The quantitative estimate of drug-likeness (QED) is 0.806. The maximum Gasteiger partial charge on any atom is 0.226 e. The molecule has 0 unspecified atom stereocenters. The van der Waals surface area contributed by atoms with E-state index in [2.05, 4.69) is 17.1 Å². The van der Waals surface area contributed by atoms with E-state index in [-0.39, 0.29) is 12.4 Å². The normalized spacial score (nSPS) is 46.1. The Morgan fingerprint density at radius 3 is 2.20 bits per heavy atom. The van der Waals surface area contributed by atoms with Gasteiger partial charge in [0.15, 0.2) is 0 Å². The smallest absolute Gasteiger partial charge is 0.226 e. The average Bonchev–Trinajstić information content (AvgIpc) is 2.37. The lowest BCUT2D eigenvalue weighted by Gasteiger charge is -2.55. The van der Waals surface area contributed by atoms with Gasteiger partial charge in [-0.2, -0.15) is 0 Å². The highest BCUT2D eigenvalue weighted by atomic mass is 35.5. The average molecular weight is 299 g/mol. The second-order valence-electron chi connectivity index (χ2n) is 7.54. The van der Waals surface area contributed by atoms with E-state index in [0.717, 1.165) is 43.3 Å². The zero-order chi connectivity index (χ0) is 13.0. The van der Waals surface area contributed by atoms with Crippen molar-refractivity contribution in [3.63, 3.8) is 0 Å². The molecule has 20 heavy (non-hydrogen) atoms. The maximum atomic E-state index is 13.0. The number of nitrogens with zero attached hydrogens (tertiary/aromatic N) is 1. The third kappa shape index (κ3) is 2.27. The molecule has 4 heteroatoms. The number of piperazine rings is 1. The Labute approximate surface area is 128 Å². The standard InChI is InChI=1S/C16H26N2O.ClH/c1-10-9-17-2-3-18(10)16(19)15-13-5-11-4-12(7-13)8-14(15)6-11;/h10-15,17H,2-9H2,1H3;1H/t10-,11?,12?,13?,14?,15?;/m1./s1. The third-order valence-corrected chi connectivity index (χ3v) is 6.30. The molecule has 3 nitrogen and oxygen atoms in total. The number of amides is 1. The van der Waals surface area contributed by atoms with Gasteiger partial charge in [-0.25, -0.2) is 0 Å². The van der Waals surface area contributed by atoms with Crippen LogP contribution in [0.15, 0.2) is 0 Å². The molecule has 5 rings (SSSR count). The van der Waals surface area contributed by atoms with Crippen molar-refractivity contribution in [3.8, 4) is 0 Å². The third-order valence-electron chi connectivity index (χ3n) is 6.30. The summed E-state index contributed by atoms with van der Waals surface area (Å²) < 4.78 is 0. The summed E-state index contributed by atoms with van der Waals surface area (Å²) in [7, 11) is 0. The van der Waals surface area contributed by atoms with Gasteiger partial charge in [0.05, 0.1) is 0 Å². The van der Waals surface area contributed by atoms with Gasteiger partial charge in [0.2, 0.25) is 5.91 Å². The molecule has 1 heterocycles. The predicted molar refractivity (Wildman–Crippen MR) is 81.8 cm³/mol. The molecule has 1 aliphatic heterocycles. The second kappa shape index (κ2) is 5.49. The van der Waals surface area contributed by atoms with E-state index in [1.165, 1.54) is 32.1 Å². The number of nitrogens with one attached hydrogen (secondary N) is 1. The highest BCUT2D eigenvalue weighted by molar-refractivity contribution is 5.85. The molecule has 1 atom stereocenters. The van der Waals surface area contributed by atoms with Crippen LogP contribution in [0.1, 0.15) is 39.0 Å². The van der Waals surface area contributed by atoms with Crippen LogP contribution in [-0.2, 0) is 4.79 Å². The first kappa shape index (κ1) is 14.6. The molecule has 1 amide bonds. The van der Waals surface area contributed by atoms with E-state index < -0.39 is 0 Å². The monoisotopic (exact) mass is 298 g/mol. The maximum absolute atomic E-state index is 13.0. The summed E-state index contributed by atoms with van der Waals surface area (Å²) >= 11 is 0. The lowest BCUT2D eigenvalue weighted by atomic mass is 9.51. The van der Waals surface area contributed by atoms with Gasteiger partial charge in [-0.05, 0) is 62.7 Å². The fraction of sp³-hybridized carbons (Fsp3) is 0.938. The van der Waals surface area contributed by atoms with Crippen LogP contribution in [0.25, 0.3) is 0 Å². The Morgan fingerprint density at radius 1 is 1.05 bits per heavy atom. The topological polar surface area (TPSA) is 32.3 Å². The molecule has 0 spiro atoms. The number of carbonyl (C=O) groups excluding carboxylic acids is 1. The highest BCUT2D eigenvalue weighted by Gasteiger charge is 2.51. The van der Waals surface area contributed by atoms with Crippen LogP contribution >= 0.6 is 12.4 Å². The van der Waals surface area contributed by atoms with Crippen LogP contribution in [0.5, 0.6) is 0 Å². The van der Waals surface area contributed by atoms with Crippen molar-refractivity contribution >= 4 is 18.3 Å². The zero-order valence-electron chi connectivity index (χ0n) is 12.4. The van der Waals surface area contributed by atoms with Crippen molar-refractivity contribution in [3.05, 3.63) is 0 Å². The summed E-state index contributed by atoms with van der Waals surface area (Å²) in [6, 6.07) is 0.387. The first-order valence-electron chi connectivity index (χ1n) is 8.23. The summed E-state index contributed by atoms with van der Waals surface area (Å²) in [5.74, 6) is 4.27. The summed E-state index contributed by atoms with van der Waals surface area (Å²) in [5.41, 5.74) is 0. The molecule has 0 aromatic rings. The van der Waals surface area contributed by atoms with Gasteiger partial charge < -0.3 is 10.2 Å². The van der Waals surface area contributed by atoms with Crippen molar-refractivity contribution < 1.29 is 4.79 Å². The Bertz CT molecular complexity index is 359. The molecule has 4 aliphatic carbocycles. The van der Waals surface area contributed by atoms with Gasteiger partial charge in [-0.15, -0.1) is 12.4 Å².